The molecule has 3 N–H and O–H groups in total. The van der Waals surface area contributed by atoms with Crippen LogP contribution in [0.5, 0.6) is 0 Å². The summed E-state index contributed by atoms with van der Waals surface area (Å²) >= 11 is 0. The van der Waals surface area contributed by atoms with Crippen LogP contribution in [0.1, 0.15) is 23.2 Å². The van der Waals surface area contributed by atoms with Gasteiger partial charge in [0.15, 0.2) is 0 Å². The summed E-state index contributed by atoms with van der Waals surface area (Å²) in [6, 6.07) is 1.43. The van der Waals surface area contributed by atoms with Crippen molar-refractivity contribution < 1.29 is 9.59 Å². The van der Waals surface area contributed by atoms with Gasteiger partial charge in [0.2, 0.25) is 5.91 Å². The van der Waals surface area contributed by atoms with Crippen molar-refractivity contribution in [1.29, 1.82) is 0 Å². The molecule has 27 heavy (non-hydrogen) atoms. The van der Waals surface area contributed by atoms with Gasteiger partial charge in [-0.3, -0.25) is 28.4 Å². The van der Waals surface area contributed by atoms with Crippen LogP contribution < -0.4 is 22.3 Å². The van der Waals surface area contributed by atoms with Gasteiger partial charge in [-0.05, 0) is 18.9 Å². The molecule has 0 aliphatic carbocycles. The molecule has 1 fully saturated rings. The molecule has 3 heterocycles. The molecule has 2 aromatic heterocycles. The SMILES string of the molecule is Cn1c(=O)c2cc(C(=O)NC3CCN(CC(N)=O)CC3)cnc2n(C)c1=O. The molecule has 0 unspecified atom stereocenters. The summed E-state index contributed by atoms with van der Waals surface area (Å²) in [6.07, 6.45) is 2.77. The summed E-state index contributed by atoms with van der Waals surface area (Å²) < 4.78 is 2.26. The van der Waals surface area contributed by atoms with Gasteiger partial charge in [-0.1, -0.05) is 0 Å². The molecule has 0 aromatic carbocycles. The average Bonchev–Trinajstić information content (AvgIpc) is 2.65. The normalized spacial score (nSPS) is 15.8. The van der Waals surface area contributed by atoms with E-state index in [0.29, 0.717) is 25.9 Å². The molecule has 3 rings (SSSR count). The summed E-state index contributed by atoms with van der Waals surface area (Å²) in [5, 5.41) is 3.15. The second-order valence-electron chi connectivity index (χ2n) is 6.79. The van der Waals surface area contributed by atoms with Gasteiger partial charge >= 0.3 is 5.69 Å². The van der Waals surface area contributed by atoms with Gasteiger partial charge in [-0.25, -0.2) is 9.78 Å². The number of hydrogen-bond donors (Lipinski definition) is 2. The average molecular weight is 374 g/mol. The lowest BCUT2D eigenvalue weighted by Crippen LogP contribution is -2.46. The van der Waals surface area contributed by atoms with E-state index in [-0.39, 0.29) is 41.0 Å². The first-order valence-corrected chi connectivity index (χ1v) is 8.65. The first-order chi connectivity index (χ1) is 12.8. The van der Waals surface area contributed by atoms with Gasteiger partial charge in [0.25, 0.3) is 11.5 Å². The van der Waals surface area contributed by atoms with Crippen LogP contribution in [0.15, 0.2) is 21.9 Å². The summed E-state index contributed by atoms with van der Waals surface area (Å²) in [4.78, 5) is 53.9. The maximum atomic E-state index is 12.5. The van der Waals surface area contributed by atoms with Gasteiger partial charge in [0.05, 0.1) is 17.5 Å². The summed E-state index contributed by atoms with van der Waals surface area (Å²) in [6.45, 7) is 1.57. The van der Waals surface area contributed by atoms with Crippen molar-refractivity contribution in [2.24, 2.45) is 19.8 Å². The number of aromatic nitrogens is 3. The predicted molar refractivity (Wildman–Crippen MR) is 98.3 cm³/mol. The topological polar surface area (TPSA) is 132 Å². The molecule has 10 nitrogen and oxygen atoms in total. The van der Waals surface area contributed by atoms with Crippen molar-refractivity contribution in [3.8, 4) is 0 Å². The number of nitrogens with two attached hydrogens (primary N) is 1. The first-order valence-electron chi connectivity index (χ1n) is 8.65. The molecule has 144 valence electrons. The van der Waals surface area contributed by atoms with Gasteiger partial charge in [0, 0.05) is 39.4 Å². The lowest BCUT2D eigenvalue weighted by Gasteiger charge is -2.31. The molecular formula is C17H22N6O4. The summed E-state index contributed by atoms with van der Waals surface area (Å²) in [5.41, 5.74) is 4.73. The van der Waals surface area contributed by atoms with E-state index in [2.05, 4.69) is 10.3 Å². The lowest BCUT2D eigenvalue weighted by molar-refractivity contribution is -0.119. The number of piperidine rings is 1. The Morgan fingerprint density at radius 1 is 1.22 bits per heavy atom. The molecule has 0 radical (unpaired) electrons. The molecule has 2 aromatic rings. The second kappa shape index (κ2) is 7.31. The Labute approximate surface area is 154 Å². The third kappa shape index (κ3) is 3.75. The van der Waals surface area contributed by atoms with Crippen molar-refractivity contribution in [2.75, 3.05) is 19.6 Å². The van der Waals surface area contributed by atoms with Gasteiger partial charge < -0.3 is 11.1 Å². The molecule has 0 saturated carbocycles. The number of fused-ring (bicyclic) bond motifs is 1. The number of carbonyl (C=O) groups excluding carboxylic acids is 2. The van der Waals surface area contributed by atoms with Crippen LogP contribution >= 0.6 is 0 Å². The molecule has 1 saturated heterocycles. The number of aryl methyl sites for hydroxylation is 1. The van der Waals surface area contributed by atoms with Crippen LogP contribution in [-0.4, -0.2) is 56.5 Å². The highest BCUT2D eigenvalue weighted by molar-refractivity contribution is 5.96. The van der Waals surface area contributed by atoms with Gasteiger partial charge in [-0.15, -0.1) is 0 Å². The van der Waals surface area contributed by atoms with Crippen LogP contribution in [-0.2, 0) is 18.9 Å². The number of likely N-dealkylation sites (tertiary alicyclic amines) is 1. The monoisotopic (exact) mass is 374 g/mol. The number of carbonyl (C=O) groups is 2. The predicted octanol–water partition coefficient (Wildman–Crippen LogP) is -1.69. The molecule has 0 spiro atoms. The van der Waals surface area contributed by atoms with E-state index in [1.165, 1.54) is 30.9 Å². The Bertz CT molecular complexity index is 1020. The minimum Gasteiger partial charge on any atom is -0.369 e. The number of nitrogens with zero attached hydrogens (tertiary/aromatic N) is 4. The van der Waals surface area contributed by atoms with E-state index in [9.17, 15) is 19.2 Å². The molecular weight excluding hydrogens is 352 g/mol. The number of nitrogens with one attached hydrogen (secondary N) is 1. The van der Waals surface area contributed by atoms with Crippen molar-refractivity contribution in [3.05, 3.63) is 38.7 Å². The van der Waals surface area contributed by atoms with Crippen molar-refractivity contribution >= 4 is 22.8 Å². The lowest BCUT2D eigenvalue weighted by atomic mass is 10.0. The third-order valence-corrected chi connectivity index (χ3v) is 4.86. The minimum absolute atomic E-state index is 0.0275. The molecule has 0 atom stereocenters. The minimum atomic E-state index is -0.491. The summed E-state index contributed by atoms with van der Waals surface area (Å²) in [5.74, 6) is -0.690. The molecule has 0 bridgehead atoms. The fourth-order valence-electron chi connectivity index (χ4n) is 3.31. The number of amides is 2. The van der Waals surface area contributed by atoms with Crippen LogP contribution in [0.3, 0.4) is 0 Å². The van der Waals surface area contributed by atoms with Crippen molar-refractivity contribution in [2.45, 2.75) is 18.9 Å². The van der Waals surface area contributed by atoms with Crippen molar-refractivity contribution in [3.63, 3.8) is 0 Å². The fourth-order valence-corrected chi connectivity index (χ4v) is 3.31. The first kappa shape index (κ1) is 18.8. The second-order valence-corrected chi connectivity index (χ2v) is 6.79. The molecule has 10 heteroatoms. The zero-order chi connectivity index (χ0) is 19.7. The number of rotatable bonds is 4. The highest BCUT2D eigenvalue weighted by Gasteiger charge is 2.22. The van der Waals surface area contributed by atoms with Gasteiger partial charge in [0.1, 0.15) is 5.65 Å². The molecule has 1 aliphatic rings. The van der Waals surface area contributed by atoms with Crippen LogP contribution in [0.25, 0.3) is 11.0 Å². The maximum absolute atomic E-state index is 12.5. The van der Waals surface area contributed by atoms with E-state index in [4.69, 9.17) is 5.73 Å². The quantitative estimate of drug-likeness (QED) is 0.656. The zero-order valence-electron chi connectivity index (χ0n) is 15.3. The standard InChI is InChI=1S/C17H22N6O4/c1-21-14-12(16(26)22(2)17(21)27)7-10(8-19-14)15(25)20-11-3-5-23(6-4-11)9-13(18)24/h7-8,11H,3-6,9H2,1-2H3,(H2,18,24)(H,20,25). The smallest absolute Gasteiger partial charge is 0.332 e. The van der Waals surface area contributed by atoms with E-state index in [1.54, 1.807) is 0 Å². The van der Waals surface area contributed by atoms with Crippen LogP contribution in [0, 0.1) is 0 Å². The van der Waals surface area contributed by atoms with E-state index >= 15 is 0 Å². The third-order valence-electron chi connectivity index (χ3n) is 4.86. The Morgan fingerprint density at radius 3 is 2.52 bits per heavy atom. The van der Waals surface area contributed by atoms with Crippen molar-refractivity contribution in [1.82, 2.24) is 24.3 Å². The van der Waals surface area contributed by atoms with E-state index in [0.717, 1.165) is 4.57 Å². The number of pyridine rings is 1. The summed E-state index contributed by atoms with van der Waals surface area (Å²) in [7, 11) is 2.91. The fraction of sp³-hybridized carbons (Fsp3) is 0.471. The Morgan fingerprint density at radius 2 is 1.89 bits per heavy atom. The Hall–Kier alpha value is -3.01. The van der Waals surface area contributed by atoms with Crippen LogP contribution in [0.4, 0.5) is 0 Å². The van der Waals surface area contributed by atoms with Gasteiger partial charge in [-0.2, -0.15) is 0 Å². The van der Waals surface area contributed by atoms with E-state index in [1.807, 2.05) is 4.90 Å². The zero-order valence-corrected chi connectivity index (χ0v) is 15.3. The molecule has 1 aliphatic heterocycles. The molecule has 2 amide bonds. The number of hydrogen-bond acceptors (Lipinski definition) is 6. The largest absolute Gasteiger partial charge is 0.369 e. The maximum Gasteiger partial charge on any atom is 0.332 e. The Kier molecular flexibility index (Phi) is 5.08. The number of primary amides is 1. The van der Waals surface area contributed by atoms with Crippen LogP contribution in [0.2, 0.25) is 0 Å². The highest BCUT2D eigenvalue weighted by Crippen LogP contribution is 2.12. The Balaban J connectivity index is 1.76. The highest BCUT2D eigenvalue weighted by atomic mass is 16.2. The van der Waals surface area contributed by atoms with E-state index < -0.39 is 11.2 Å².